The summed E-state index contributed by atoms with van der Waals surface area (Å²) in [5, 5.41) is 20.3. The number of benzene rings is 2. The summed E-state index contributed by atoms with van der Waals surface area (Å²) < 4.78 is 27.7. The van der Waals surface area contributed by atoms with Crippen molar-refractivity contribution >= 4 is 16.0 Å². The number of rotatable bonds is 6. The van der Waals surface area contributed by atoms with Crippen LogP contribution in [0.15, 0.2) is 41.3 Å². The number of nitrogens with zero attached hydrogens (tertiary/aromatic N) is 1. The van der Waals surface area contributed by atoms with E-state index in [2.05, 4.69) is 4.72 Å². The number of carboxylic acids is 1. The molecule has 0 saturated heterocycles. The molecule has 0 aliphatic heterocycles. The summed E-state index contributed by atoms with van der Waals surface area (Å²) in [6.45, 7) is 5.20. The molecule has 0 aliphatic rings. The minimum atomic E-state index is -4.04. The van der Waals surface area contributed by atoms with Crippen LogP contribution in [-0.2, 0) is 21.2 Å². The predicted octanol–water partition coefficient (Wildman–Crippen LogP) is 1.12. The molecule has 0 aliphatic carbocycles. The Morgan fingerprint density at radius 2 is 1.69 bits per heavy atom. The van der Waals surface area contributed by atoms with Gasteiger partial charge < -0.3 is 9.90 Å². The summed E-state index contributed by atoms with van der Waals surface area (Å²) >= 11 is 0. The van der Waals surface area contributed by atoms with Crippen molar-refractivity contribution in [1.82, 2.24) is 4.72 Å². The van der Waals surface area contributed by atoms with Crippen molar-refractivity contribution in [3.63, 3.8) is 0 Å². The van der Waals surface area contributed by atoms with Crippen molar-refractivity contribution in [1.29, 1.82) is 5.26 Å². The minimum absolute atomic E-state index is 0.0779. The van der Waals surface area contributed by atoms with Gasteiger partial charge in [-0.05, 0) is 56.0 Å². The van der Waals surface area contributed by atoms with Crippen molar-refractivity contribution in [3.8, 4) is 6.07 Å². The van der Waals surface area contributed by atoms with Crippen LogP contribution in [0.5, 0.6) is 0 Å². The van der Waals surface area contributed by atoms with Gasteiger partial charge in [0.05, 0.1) is 28.5 Å². The average molecular weight is 371 g/mol. The molecule has 0 bridgehead atoms. The predicted molar refractivity (Wildman–Crippen MR) is 94.6 cm³/mol. The van der Waals surface area contributed by atoms with E-state index in [1.807, 2.05) is 13.0 Å². The zero-order valence-corrected chi connectivity index (χ0v) is 15.6. The third-order valence-electron chi connectivity index (χ3n) is 3.98. The molecule has 26 heavy (non-hydrogen) atoms. The summed E-state index contributed by atoms with van der Waals surface area (Å²) in [6, 6.07) is 10.3. The summed E-state index contributed by atoms with van der Waals surface area (Å²) in [5.41, 5.74) is 3.03. The lowest BCUT2D eigenvalue weighted by Crippen LogP contribution is -2.49. The highest BCUT2D eigenvalue weighted by molar-refractivity contribution is 7.89. The summed E-state index contributed by atoms with van der Waals surface area (Å²) in [6.07, 6.45) is -0.0861. The van der Waals surface area contributed by atoms with E-state index < -0.39 is 22.0 Å². The maximum absolute atomic E-state index is 12.7. The Morgan fingerprint density at radius 1 is 1.15 bits per heavy atom. The smallest absolute Gasteiger partial charge is 0.241 e. The van der Waals surface area contributed by atoms with Crippen LogP contribution >= 0.6 is 0 Å². The van der Waals surface area contributed by atoms with Gasteiger partial charge in [-0.1, -0.05) is 29.8 Å². The number of hydrogen-bond acceptors (Lipinski definition) is 5. The van der Waals surface area contributed by atoms with E-state index in [-0.39, 0.29) is 11.3 Å². The van der Waals surface area contributed by atoms with E-state index in [0.29, 0.717) is 22.3 Å². The Labute approximate surface area is 153 Å². The molecule has 1 N–H and O–H groups in total. The van der Waals surface area contributed by atoms with Crippen molar-refractivity contribution in [2.75, 3.05) is 0 Å². The molecule has 0 fully saturated rings. The Bertz CT molecular complexity index is 951. The Balaban J connectivity index is 2.31. The zero-order chi connectivity index (χ0) is 19.5. The van der Waals surface area contributed by atoms with E-state index in [1.54, 1.807) is 50.2 Å². The zero-order valence-electron chi connectivity index (χ0n) is 14.7. The lowest BCUT2D eigenvalue weighted by molar-refractivity contribution is -0.307. The number of hydrogen-bond donors (Lipinski definition) is 1. The number of carbonyl (C=O) groups is 1. The maximum Gasteiger partial charge on any atom is 0.241 e. The first-order valence-electron chi connectivity index (χ1n) is 7.94. The SMILES string of the molecule is Cc1cc(C)c(S(=O)(=O)N[C@H](Cc2ccc(C#N)cc2)C(=O)[O-])c(C)c1. The number of nitriles is 1. The average Bonchev–Trinajstić information content (AvgIpc) is 2.53. The van der Waals surface area contributed by atoms with Crippen LogP contribution in [0.1, 0.15) is 27.8 Å². The van der Waals surface area contributed by atoms with Gasteiger partial charge in [0.2, 0.25) is 10.0 Å². The standard InChI is InChI=1S/C19H20N2O4S/c1-12-8-13(2)18(14(3)9-12)26(24,25)21-17(19(22)23)10-15-4-6-16(11-20)7-5-15/h4-9,17,21H,10H2,1-3H3,(H,22,23)/p-1/t17-/m1/s1. The normalized spacial score (nSPS) is 12.4. The molecule has 2 rings (SSSR count). The summed E-state index contributed by atoms with van der Waals surface area (Å²) in [7, 11) is -4.04. The highest BCUT2D eigenvalue weighted by atomic mass is 32.2. The number of carbonyl (C=O) groups excluding carboxylic acids is 1. The number of aliphatic carboxylic acids is 1. The Kier molecular flexibility index (Phi) is 5.80. The molecule has 2 aromatic carbocycles. The lowest BCUT2D eigenvalue weighted by Gasteiger charge is -2.21. The van der Waals surface area contributed by atoms with Crippen LogP contribution in [0, 0.1) is 32.1 Å². The molecule has 0 unspecified atom stereocenters. The quantitative estimate of drug-likeness (QED) is 0.818. The Morgan fingerprint density at radius 3 is 2.15 bits per heavy atom. The first-order valence-corrected chi connectivity index (χ1v) is 9.42. The van der Waals surface area contributed by atoms with Gasteiger partial charge >= 0.3 is 0 Å². The third-order valence-corrected chi connectivity index (χ3v) is 5.75. The third kappa shape index (κ3) is 4.48. The molecule has 2 aromatic rings. The molecule has 0 heterocycles. The van der Waals surface area contributed by atoms with Crippen LogP contribution < -0.4 is 9.83 Å². The molecule has 136 valence electrons. The van der Waals surface area contributed by atoms with Gasteiger partial charge in [0, 0.05) is 0 Å². The first-order chi connectivity index (χ1) is 12.1. The monoisotopic (exact) mass is 371 g/mol. The van der Waals surface area contributed by atoms with Crippen LogP contribution in [-0.4, -0.2) is 20.4 Å². The van der Waals surface area contributed by atoms with Gasteiger partial charge in [-0.3, -0.25) is 0 Å². The van der Waals surface area contributed by atoms with Crippen molar-refractivity contribution < 1.29 is 18.3 Å². The van der Waals surface area contributed by atoms with E-state index in [0.717, 1.165) is 5.56 Å². The van der Waals surface area contributed by atoms with E-state index >= 15 is 0 Å². The lowest BCUT2D eigenvalue weighted by atomic mass is 10.1. The van der Waals surface area contributed by atoms with Gasteiger partial charge in [-0.2, -0.15) is 5.26 Å². The van der Waals surface area contributed by atoms with Crippen molar-refractivity contribution in [3.05, 3.63) is 64.2 Å². The van der Waals surface area contributed by atoms with Crippen LogP contribution in [0.2, 0.25) is 0 Å². The van der Waals surface area contributed by atoms with Crippen molar-refractivity contribution in [2.45, 2.75) is 38.1 Å². The van der Waals surface area contributed by atoms with Crippen LogP contribution in [0.3, 0.4) is 0 Å². The molecule has 6 nitrogen and oxygen atoms in total. The van der Waals surface area contributed by atoms with Crippen molar-refractivity contribution in [2.24, 2.45) is 0 Å². The highest BCUT2D eigenvalue weighted by Gasteiger charge is 2.24. The molecule has 0 saturated carbocycles. The van der Waals surface area contributed by atoms with E-state index in [9.17, 15) is 18.3 Å². The number of carboxylic acid groups (broad SMARTS) is 1. The van der Waals surface area contributed by atoms with Gasteiger partial charge in [0.15, 0.2) is 0 Å². The van der Waals surface area contributed by atoms with Gasteiger partial charge in [-0.15, -0.1) is 0 Å². The summed E-state index contributed by atoms with van der Waals surface area (Å²) in [5.74, 6) is -1.51. The summed E-state index contributed by atoms with van der Waals surface area (Å²) in [4.78, 5) is 11.5. The molecular formula is C19H19N2O4S-. The molecule has 0 radical (unpaired) electrons. The second-order valence-corrected chi connectivity index (χ2v) is 7.88. The maximum atomic E-state index is 12.7. The molecule has 1 atom stereocenters. The number of aryl methyl sites for hydroxylation is 3. The fraction of sp³-hybridized carbons (Fsp3) is 0.263. The van der Waals surface area contributed by atoms with Crippen LogP contribution in [0.25, 0.3) is 0 Å². The molecular weight excluding hydrogens is 352 g/mol. The van der Waals surface area contributed by atoms with Crippen LogP contribution in [0.4, 0.5) is 0 Å². The second kappa shape index (κ2) is 7.68. The second-order valence-electron chi connectivity index (χ2n) is 6.23. The van der Waals surface area contributed by atoms with Gasteiger partial charge in [0.1, 0.15) is 0 Å². The largest absolute Gasteiger partial charge is 0.548 e. The topological polar surface area (TPSA) is 110 Å². The Hall–Kier alpha value is -2.69. The highest BCUT2D eigenvalue weighted by Crippen LogP contribution is 2.22. The minimum Gasteiger partial charge on any atom is -0.548 e. The number of sulfonamides is 1. The first kappa shape index (κ1) is 19.6. The van der Waals surface area contributed by atoms with E-state index in [1.165, 1.54) is 0 Å². The molecule has 0 spiro atoms. The molecule has 7 heteroatoms. The molecule has 0 amide bonds. The van der Waals surface area contributed by atoms with Gasteiger partial charge in [-0.25, -0.2) is 13.1 Å². The van der Waals surface area contributed by atoms with Gasteiger partial charge in [0.25, 0.3) is 0 Å². The molecule has 0 aromatic heterocycles. The fourth-order valence-corrected chi connectivity index (χ4v) is 4.60. The fourth-order valence-electron chi connectivity index (χ4n) is 2.96. The number of nitrogens with one attached hydrogen (secondary N) is 1. The van der Waals surface area contributed by atoms with E-state index in [4.69, 9.17) is 5.26 Å².